The van der Waals surface area contributed by atoms with Gasteiger partial charge >= 0.3 is 0 Å². The van der Waals surface area contributed by atoms with Crippen LogP contribution in [0.4, 0.5) is 5.69 Å². The first-order chi connectivity index (χ1) is 10.1. The van der Waals surface area contributed by atoms with E-state index in [9.17, 15) is 0 Å². The topological polar surface area (TPSA) is 32.5 Å². The molecule has 4 heteroatoms. The Labute approximate surface area is 136 Å². The van der Waals surface area contributed by atoms with Crippen LogP contribution in [0.2, 0.25) is 0 Å². The van der Waals surface area contributed by atoms with Gasteiger partial charge in [-0.15, -0.1) is 0 Å². The predicted molar refractivity (Wildman–Crippen MR) is 92.8 cm³/mol. The normalized spacial score (nSPS) is 22.7. The molecule has 1 unspecified atom stereocenters. The summed E-state index contributed by atoms with van der Waals surface area (Å²) in [6, 6.07) is 7.44. The van der Waals surface area contributed by atoms with Crippen molar-refractivity contribution in [1.82, 2.24) is 4.90 Å². The van der Waals surface area contributed by atoms with E-state index in [0.29, 0.717) is 0 Å². The van der Waals surface area contributed by atoms with Crippen molar-refractivity contribution in [2.75, 3.05) is 31.1 Å². The lowest BCUT2D eigenvalue weighted by molar-refractivity contribution is 0.187. The molecule has 116 valence electrons. The minimum atomic E-state index is 0.0744. The van der Waals surface area contributed by atoms with E-state index in [0.717, 1.165) is 23.6 Å². The summed E-state index contributed by atoms with van der Waals surface area (Å²) >= 11 is 3.56. The first-order valence-corrected chi connectivity index (χ1v) is 8.98. The summed E-state index contributed by atoms with van der Waals surface area (Å²) in [6.45, 7) is 6.70. The fourth-order valence-corrected chi connectivity index (χ4v) is 4.15. The van der Waals surface area contributed by atoms with Gasteiger partial charge in [-0.05, 0) is 43.5 Å². The van der Waals surface area contributed by atoms with E-state index in [-0.39, 0.29) is 6.04 Å². The van der Waals surface area contributed by atoms with Crippen molar-refractivity contribution in [2.45, 2.75) is 44.7 Å². The lowest BCUT2D eigenvalue weighted by Gasteiger charge is -2.40. The third kappa shape index (κ3) is 3.43. The van der Waals surface area contributed by atoms with E-state index in [2.05, 4.69) is 50.9 Å². The number of hydrogen-bond donors (Lipinski definition) is 1. The molecule has 1 atom stereocenters. The highest BCUT2D eigenvalue weighted by atomic mass is 79.9. The van der Waals surface area contributed by atoms with Crippen LogP contribution >= 0.6 is 15.9 Å². The van der Waals surface area contributed by atoms with Crippen molar-refractivity contribution in [3.63, 3.8) is 0 Å². The van der Waals surface area contributed by atoms with Crippen LogP contribution in [0.5, 0.6) is 0 Å². The molecule has 0 amide bonds. The standard InChI is InChI=1S/C17H26BrN3/c1-13(19)16-12-14(18)6-7-17(16)21-10-8-20(9-11-21)15-4-2-3-5-15/h6-7,12-13,15H,2-5,8-11,19H2,1H3. The molecule has 1 aromatic rings. The van der Waals surface area contributed by atoms with Gasteiger partial charge in [0.2, 0.25) is 0 Å². The van der Waals surface area contributed by atoms with Crippen molar-refractivity contribution in [3.8, 4) is 0 Å². The number of benzene rings is 1. The van der Waals surface area contributed by atoms with Gasteiger partial charge in [0.1, 0.15) is 0 Å². The molecule has 1 saturated heterocycles. The van der Waals surface area contributed by atoms with E-state index < -0.39 is 0 Å². The second-order valence-corrected chi connectivity index (χ2v) is 7.37. The largest absolute Gasteiger partial charge is 0.369 e. The number of hydrogen-bond acceptors (Lipinski definition) is 3. The maximum absolute atomic E-state index is 6.16. The van der Waals surface area contributed by atoms with Crippen molar-refractivity contribution >= 4 is 21.6 Å². The molecule has 1 aromatic carbocycles. The number of rotatable bonds is 3. The maximum Gasteiger partial charge on any atom is 0.0416 e. The molecule has 3 nitrogen and oxygen atoms in total. The zero-order chi connectivity index (χ0) is 14.8. The van der Waals surface area contributed by atoms with E-state index >= 15 is 0 Å². The number of piperazine rings is 1. The molecule has 0 radical (unpaired) electrons. The summed E-state index contributed by atoms with van der Waals surface area (Å²) in [5, 5.41) is 0. The summed E-state index contributed by atoms with van der Waals surface area (Å²) in [5.41, 5.74) is 8.73. The third-order valence-corrected chi connectivity index (χ3v) is 5.47. The Hall–Kier alpha value is -0.580. The van der Waals surface area contributed by atoms with Crippen LogP contribution in [-0.4, -0.2) is 37.1 Å². The Morgan fingerprint density at radius 3 is 2.43 bits per heavy atom. The number of halogens is 1. The van der Waals surface area contributed by atoms with E-state index in [1.165, 1.54) is 50.0 Å². The van der Waals surface area contributed by atoms with Gasteiger partial charge in [0.25, 0.3) is 0 Å². The minimum absolute atomic E-state index is 0.0744. The molecule has 1 aliphatic heterocycles. The smallest absolute Gasteiger partial charge is 0.0416 e. The molecular weight excluding hydrogens is 326 g/mol. The average Bonchev–Trinajstić information content (AvgIpc) is 3.01. The van der Waals surface area contributed by atoms with Crippen molar-refractivity contribution < 1.29 is 0 Å². The van der Waals surface area contributed by atoms with Crippen LogP contribution in [0.1, 0.15) is 44.2 Å². The Morgan fingerprint density at radius 2 is 1.81 bits per heavy atom. The van der Waals surface area contributed by atoms with Crippen molar-refractivity contribution in [2.24, 2.45) is 5.73 Å². The van der Waals surface area contributed by atoms with Gasteiger partial charge < -0.3 is 10.6 Å². The third-order valence-electron chi connectivity index (χ3n) is 4.98. The second kappa shape index (κ2) is 6.67. The Bertz CT molecular complexity index is 475. The summed E-state index contributed by atoms with van der Waals surface area (Å²) in [6.07, 6.45) is 5.66. The quantitative estimate of drug-likeness (QED) is 0.903. The number of nitrogens with two attached hydrogens (primary N) is 1. The van der Waals surface area contributed by atoms with Crippen LogP contribution in [0.25, 0.3) is 0 Å². The van der Waals surface area contributed by atoms with Gasteiger partial charge in [0.15, 0.2) is 0 Å². The van der Waals surface area contributed by atoms with Crippen LogP contribution in [0.15, 0.2) is 22.7 Å². The van der Waals surface area contributed by atoms with Gasteiger partial charge in [-0.1, -0.05) is 28.8 Å². The van der Waals surface area contributed by atoms with Crippen LogP contribution in [0.3, 0.4) is 0 Å². The highest BCUT2D eigenvalue weighted by Crippen LogP contribution is 2.30. The molecule has 1 aliphatic carbocycles. The van der Waals surface area contributed by atoms with Crippen LogP contribution in [0, 0.1) is 0 Å². The molecule has 0 spiro atoms. The molecule has 2 aliphatic rings. The Balaban J connectivity index is 1.69. The molecule has 2 fully saturated rings. The van der Waals surface area contributed by atoms with Gasteiger partial charge in [0.05, 0.1) is 0 Å². The van der Waals surface area contributed by atoms with Gasteiger partial charge in [-0.2, -0.15) is 0 Å². The lowest BCUT2D eigenvalue weighted by Crippen LogP contribution is -2.50. The van der Waals surface area contributed by atoms with Crippen molar-refractivity contribution in [1.29, 1.82) is 0 Å². The zero-order valence-corrected chi connectivity index (χ0v) is 14.5. The highest BCUT2D eigenvalue weighted by molar-refractivity contribution is 9.10. The first kappa shape index (κ1) is 15.3. The highest BCUT2D eigenvalue weighted by Gasteiger charge is 2.27. The molecule has 0 bridgehead atoms. The minimum Gasteiger partial charge on any atom is -0.369 e. The summed E-state index contributed by atoms with van der Waals surface area (Å²) in [7, 11) is 0. The predicted octanol–water partition coefficient (Wildman–Crippen LogP) is 3.53. The summed E-state index contributed by atoms with van der Waals surface area (Å²) in [5.74, 6) is 0. The molecular formula is C17H26BrN3. The molecule has 2 N–H and O–H groups in total. The second-order valence-electron chi connectivity index (χ2n) is 6.45. The molecule has 1 heterocycles. The fourth-order valence-electron chi connectivity index (χ4n) is 3.78. The van der Waals surface area contributed by atoms with Crippen LogP contribution < -0.4 is 10.6 Å². The summed E-state index contributed by atoms with van der Waals surface area (Å²) in [4.78, 5) is 5.21. The average molecular weight is 352 g/mol. The van der Waals surface area contributed by atoms with Gasteiger partial charge in [-0.25, -0.2) is 0 Å². The zero-order valence-electron chi connectivity index (χ0n) is 12.9. The number of anilines is 1. The monoisotopic (exact) mass is 351 g/mol. The first-order valence-electron chi connectivity index (χ1n) is 8.19. The van der Waals surface area contributed by atoms with E-state index in [4.69, 9.17) is 5.73 Å². The Morgan fingerprint density at radius 1 is 1.14 bits per heavy atom. The lowest BCUT2D eigenvalue weighted by atomic mass is 10.0. The number of nitrogens with zero attached hydrogens (tertiary/aromatic N) is 2. The fraction of sp³-hybridized carbons (Fsp3) is 0.647. The van der Waals surface area contributed by atoms with Gasteiger partial charge in [-0.3, -0.25) is 4.90 Å². The SMILES string of the molecule is CC(N)c1cc(Br)ccc1N1CCN(C2CCCC2)CC1. The molecule has 3 rings (SSSR count). The molecule has 0 aromatic heterocycles. The molecule has 1 saturated carbocycles. The van der Waals surface area contributed by atoms with Gasteiger partial charge in [0, 0.05) is 48.4 Å². The van der Waals surface area contributed by atoms with Crippen molar-refractivity contribution in [3.05, 3.63) is 28.2 Å². The van der Waals surface area contributed by atoms with E-state index in [1.54, 1.807) is 0 Å². The maximum atomic E-state index is 6.16. The van der Waals surface area contributed by atoms with E-state index in [1.807, 2.05) is 0 Å². The summed E-state index contributed by atoms with van der Waals surface area (Å²) < 4.78 is 1.11. The molecule has 21 heavy (non-hydrogen) atoms. The Kier molecular flexibility index (Phi) is 4.87. The van der Waals surface area contributed by atoms with Crippen LogP contribution in [-0.2, 0) is 0 Å².